The Bertz CT molecular complexity index is 998. The fourth-order valence-corrected chi connectivity index (χ4v) is 10.6. The Kier molecular flexibility index (Phi) is 12.4. The smallest absolute Gasteiger partial charge is 0.375 e. The average molecular weight is 677 g/mol. The minimum atomic E-state index is -8.29. The summed E-state index contributed by atoms with van der Waals surface area (Å²) < 4.78 is 205. The van der Waals surface area contributed by atoms with Gasteiger partial charge < -0.3 is 4.74 Å². The zero-order chi connectivity index (χ0) is 33.9. The molecule has 0 radical (unpaired) electrons. The Morgan fingerprint density at radius 3 is 1.44 bits per heavy atom. The SMILES string of the molecule is CC(C)C[P+](CCCOCC(F)(F)C(F)(F)C(F)(F)C(F)(F)C(F)(F)C(F)(F)C(F)(F)F)(Cc1ccccc1)CC(C)C. The average Bonchev–Trinajstić information content (AvgIpc) is 2.82. The molecule has 0 saturated heterocycles. The molecule has 1 aromatic carbocycles. The van der Waals surface area contributed by atoms with E-state index in [2.05, 4.69) is 4.74 Å². The molecule has 252 valence electrons. The Morgan fingerprint density at radius 2 is 1.02 bits per heavy atom. The van der Waals surface area contributed by atoms with Crippen molar-refractivity contribution in [1.82, 2.24) is 0 Å². The zero-order valence-corrected chi connectivity index (χ0v) is 24.4. The van der Waals surface area contributed by atoms with E-state index < -0.39 is 62.2 Å². The fraction of sp³-hybridized carbons (Fsp3) is 0.769. The third-order valence-electron chi connectivity index (χ3n) is 6.46. The van der Waals surface area contributed by atoms with Crippen molar-refractivity contribution in [3.05, 3.63) is 35.9 Å². The van der Waals surface area contributed by atoms with Gasteiger partial charge in [0.1, 0.15) is 6.61 Å². The van der Waals surface area contributed by atoms with Crippen LogP contribution in [0.25, 0.3) is 0 Å². The van der Waals surface area contributed by atoms with E-state index in [0.717, 1.165) is 17.9 Å². The van der Waals surface area contributed by atoms with Gasteiger partial charge in [0, 0.05) is 13.7 Å². The highest BCUT2D eigenvalue weighted by molar-refractivity contribution is 7.75. The molecule has 0 atom stereocenters. The lowest BCUT2D eigenvalue weighted by Crippen LogP contribution is -2.73. The first-order valence-electron chi connectivity index (χ1n) is 12.9. The van der Waals surface area contributed by atoms with Crippen LogP contribution < -0.4 is 0 Å². The van der Waals surface area contributed by atoms with Crippen LogP contribution in [-0.2, 0) is 10.9 Å². The Morgan fingerprint density at radius 1 is 0.605 bits per heavy atom. The molecule has 1 rings (SSSR count). The molecule has 0 heterocycles. The van der Waals surface area contributed by atoms with Gasteiger partial charge in [0.2, 0.25) is 0 Å². The quantitative estimate of drug-likeness (QED) is 0.0906. The first-order valence-corrected chi connectivity index (χ1v) is 15.5. The second kappa shape index (κ2) is 13.5. The van der Waals surface area contributed by atoms with Crippen molar-refractivity contribution in [2.45, 2.75) is 82.0 Å². The van der Waals surface area contributed by atoms with Crippen LogP contribution in [0.5, 0.6) is 0 Å². The molecule has 0 N–H and O–H groups in total. The van der Waals surface area contributed by atoms with Crippen molar-refractivity contribution in [2.75, 3.05) is 31.7 Å². The molecule has 0 aliphatic carbocycles. The molecule has 0 spiro atoms. The predicted octanol–water partition coefficient (Wildman–Crippen LogP) is 10.3. The Hall–Kier alpha value is -1.44. The number of rotatable bonds is 17. The van der Waals surface area contributed by atoms with Crippen molar-refractivity contribution in [2.24, 2.45) is 11.8 Å². The second-order valence-electron chi connectivity index (χ2n) is 11.3. The lowest BCUT2D eigenvalue weighted by molar-refractivity contribution is -0.453. The Labute approximate surface area is 239 Å². The topological polar surface area (TPSA) is 9.23 Å². The summed E-state index contributed by atoms with van der Waals surface area (Å²) in [5.74, 6) is -46.2. The van der Waals surface area contributed by atoms with Crippen molar-refractivity contribution >= 4 is 7.26 Å². The largest absolute Gasteiger partial charge is 0.460 e. The van der Waals surface area contributed by atoms with Crippen LogP contribution in [0, 0.1) is 11.8 Å². The molecule has 1 nitrogen and oxygen atoms in total. The summed E-state index contributed by atoms with van der Waals surface area (Å²) in [5.41, 5.74) is 0.972. The highest BCUT2D eigenvalue weighted by Gasteiger charge is 2.93. The van der Waals surface area contributed by atoms with E-state index in [1.165, 1.54) is 0 Å². The third kappa shape index (κ3) is 8.24. The van der Waals surface area contributed by atoms with E-state index in [9.17, 15) is 65.9 Å². The van der Waals surface area contributed by atoms with Gasteiger partial charge in [0.05, 0.1) is 31.3 Å². The third-order valence-corrected chi connectivity index (χ3v) is 11.8. The normalized spacial score (nSPS) is 15.1. The molecule has 17 heteroatoms. The summed E-state index contributed by atoms with van der Waals surface area (Å²) in [6.45, 7) is 4.26. The van der Waals surface area contributed by atoms with Gasteiger partial charge in [-0.05, 0) is 17.4 Å². The molecule has 43 heavy (non-hydrogen) atoms. The van der Waals surface area contributed by atoms with Crippen LogP contribution in [0.1, 0.15) is 39.7 Å². The maximum Gasteiger partial charge on any atom is 0.460 e. The van der Waals surface area contributed by atoms with Crippen molar-refractivity contribution < 1.29 is 70.6 Å². The summed E-state index contributed by atoms with van der Waals surface area (Å²) in [6.07, 6.45) is -5.27. The predicted molar refractivity (Wildman–Crippen MR) is 133 cm³/mol. The monoisotopic (exact) mass is 677 g/mol. The maximum absolute atomic E-state index is 14.1. The number of ether oxygens (including phenoxy) is 1. The molecular formula is C26H33F15OP+. The number of hydrogen-bond acceptors (Lipinski definition) is 1. The lowest BCUT2D eigenvalue weighted by atomic mass is 9.91. The van der Waals surface area contributed by atoms with E-state index in [-0.39, 0.29) is 18.3 Å². The summed E-state index contributed by atoms with van der Waals surface area (Å²) in [5, 5.41) is 0. The second-order valence-corrected chi connectivity index (χ2v) is 15.5. The van der Waals surface area contributed by atoms with Gasteiger partial charge in [0.25, 0.3) is 0 Å². The van der Waals surface area contributed by atoms with Gasteiger partial charge >= 0.3 is 41.7 Å². The van der Waals surface area contributed by atoms with Crippen LogP contribution >= 0.6 is 7.26 Å². The van der Waals surface area contributed by atoms with Crippen LogP contribution in [-0.4, -0.2) is 73.4 Å². The van der Waals surface area contributed by atoms with E-state index in [1.807, 2.05) is 39.8 Å². The van der Waals surface area contributed by atoms with Crippen molar-refractivity contribution in [3.63, 3.8) is 0 Å². The highest BCUT2D eigenvalue weighted by atomic mass is 31.2. The maximum atomic E-state index is 14.1. The number of hydrogen-bond donors (Lipinski definition) is 0. The van der Waals surface area contributed by atoms with Crippen LogP contribution in [0.15, 0.2) is 30.3 Å². The number of alkyl halides is 15. The van der Waals surface area contributed by atoms with E-state index in [1.54, 1.807) is 18.2 Å². The standard InChI is InChI=1S/C26H33F15OP/c1-17(2)13-43(14-18(3)4,15-19-9-6-5-7-10-19)12-8-11-42-16-20(27,28)21(29,30)22(31,32)23(33,34)24(35,36)25(37,38)26(39,40)41/h5-7,9-10,17-18H,8,11-16H2,1-4H3/q+1. The molecule has 0 bridgehead atoms. The molecule has 0 saturated carbocycles. The van der Waals surface area contributed by atoms with E-state index >= 15 is 0 Å². The first-order chi connectivity index (χ1) is 19.1. The zero-order valence-electron chi connectivity index (χ0n) is 23.5. The van der Waals surface area contributed by atoms with E-state index in [0.29, 0.717) is 12.3 Å². The van der Waals surface area contributed by atoms with Gasteiger partial charge in [-0.1, -0.05) is 58.0 Å². The molecular weight excluding hydrogens is 644 g/mol. The van der Waals surface area contributed by atoms with Gasteiger partial charge in [-0.2, -0.15) is 65.9 Å². The van der Waals surface area contributed by atoms with Crippen molar-refractivity contribution in [1.29, 1.82) is 0 Å². The van der Waals surface area contributed by atoms with Gasteiger partial charge in [-0.15, -0.1) is 0 Å². The van der Waals surface area contributed by atoms with Crippen molar-refractivity contribution in [3.8, 4) is 0 Å². The molecule has 0 aromatic heterocycles. The molecule has 0 aliphatic rings. The summed E-state index contributed by atoms with van der Waals surface area (Å²) >= 11 is 0. The van der Waals surface area contributed by atoms with Crippen LogP contribution in [0.4, 0.5) is 65.9 Å². The molecule has 1 aromatic rings. The number of halogens is 15. The minimum Gasteiger partial charge on any atom is -0.375 e. The molecule has 0 fully saturated rings. The van der Waals surface area contributed by atoms with Gasteiger partial charge in [0.15, 0.2) is 0 Å². The van der Waals surface area contributed by atoms with E-state index in [4.69, 9.17) is 0 Å². The van der Waals surface area contributed by atoms with Crippen LogP contribution in [0.3, 0.4) is 0 Å². The molecule has 0 amide bonds. The highest BCUT2D eigenvalue weighted by Crippen LogP contribution is 2.64. The summed E-state index contributed by atoms with van der Waals surface area (Å²) in [7, 11) is -1.92. The van der Waals surface area contributed by atoms with Gasteiger partial charge in [-0.3, -0.25) is 0 Å². The first kappa shape index (κ1) is 39.6. The summed E-state index contributed by atoms with van der Waals surface area (Å²) in [6, 6.07) is 9.15. The minimum absolute atomic E-state index is 0.0792. The number of benzene rings is 1. The van der Waals surface area contributed by atoms with Crippen LogP contribution in [0.2, 0.25) is 0 Å². The lowest BCUT2D eigenvalue weighted by Gasteiger charge is -2.41. The molecule has 0 aliphatic heterocycles. The Balaban J connectivity index is 3.12. The van der Waals surface area contributed by atoms with Gasteiger partial charge in [-0.25, -0.2) is 0 Å². The molecule has 0 unspecified atom stereocenters. The summed E-state index contributed by atoms with van der Waals surface area (Å²) in [4.78, 5) is 0. The fourth-order valence-electron chi connectivity index (χ4n) is 4.78.